The maximum atomic E-state index is 12.6. The predicted molar refractivity (Wildman–Crippen MR) is 112 cm³/mol. The van der Waals surface area contributed by atoms with Crippen molar-refractivity contribution >= 4 is 33.4 Å². The SMILES string of the molecule is COc1ccc(C)cc1N([C@H](C)C(=O)NCCSC1CCCC1)S(C)(=O)=O. The van der Waals surface area contributed by atoms with Gasteiger partial charge < -0.3 is 10.1 Å². The van der Waals surface area contributed by atoms with Crippen molar-refractivity contribution < 1.29 is 17.9 Å². The van der Waals surface area contributed by atoms with Crippen LogP contribution < -0.4 is 14.4 Å². The van der Waals surface area contributed by atoms with E-state index < -0.39 is 16.1 Å². The monoisotopic (exact) mass is 414 g/mol. The Morgan fingerprint density at radius 1 is 1.37 bits per heavy atom. The van der Waals surface area contributed by atoms with Crippen molar-refractivity contribution in [2.75, 3.05) is 30.0 Å². The molecule has 1 aliphatic carbocycles. The lowest BCUT2D eigenvalue weighted by Crippen LogP contribution is -2.48. The predicted octanol–water partition coefficient (Wildman–Crippen LogP) is 2.95. The van der Waals surface area contributed by atoms with Crippen LogP contribution in [0.25, 0.3) is 0 Å². The summed E-state index contributed by atoms with van der Waals surface area (Å²) in [7, 11) is -2.18. The number of nitrogens with one attached hydrogen (secondary N) is 1. The minimum atomic E-state index is -3.67. The molecule has 0 aromatic heterocycles. The van der Waals surface area contributed by atoms with E-state index in [1.807, 2.05) is 24.8 Å². The molecular formula is C19H30N2O4S2. The summed E-state index contributed by atoms with van der Waals surface area (Å²) in [4.78, 5) is 12.6. The second-order valence-electron chi connectivity index (χ2n) is 6.98. The number of anilines is 1. The van der Waals surface area contributed by atoms with E-state index in [1.54, 1.807) is 19.1 Å². The molecule has 27 heavy (non-hydrogen) atoms. The van der Waals surface area contributed by atoms with Gasteiger partial charge in [0.25, 0.3) is 0 Å². The molecule has 152 valence electrons. The third kappa shape index (κ3) is 6.04. The number of sulfonamides is 1. The standard InChI is InChI=1S/C19H30N2O4S2/c1-14-9-10-18(25-3)17(13-14)21(27(4,23)24)15(2)19(22)20-11-12-26-16-7-5-6-8-16/h9-10,13,15-16H,5-8,11-12H2,1-4H3,(H,20,22)/t15-/m1/s1. The Morgan fingerprint density at radius 2 is 2.04 bits per heavy atom. The Morgan fingerprint density at radius 3 is 2.63 bits per heavy atom. The number of benzene rings is 1. The number of rotatable bonds is 9. The number of amides is 1. The van der Waals surface area contributed by atoms with Crippen LogP contribution in [0.1, 0.15) is 38.2 Å². The summed E-state index contributed by atoms with van der Waals surface area (Å²) < 4.78 is 31.4. The Labute approximate surface area is 167 Å². The Bertz CT molecular complexity index is 746. The molecule has 0 aliphatic heterocycles. The van der Waals surface area contributed by atoms with Crippen molar-refractivity contribution in [1.29, 1.82) is 0 Å². The van der Waals surface area contributed by atoms with Crippen LogP contribution in [0.3, 0.4) is 0 Å². The van der Waals surface area contributed by atoms with Crippen LogP contribution in [0.2, 0.25) is 0 Å². The number of thioether (sulfide) groups is 1. The molecule has 1 fully saturated rings. The molecule has 1 saturated carbocycles. The van der Waals surface area contributed by atoms with Gasteiger partial charge in [-0.15, -0.1) is 0 Å². The number of ether oxygens (including phenoxy) is 1. The van der Waals surface area contributed by atoms with E-state index in [0.29, 0.717) is 23.2 Å². The summed E-state index contributed by atoms with van der Waals surface area (Å²) in [6.45, 7) is 4.00. The Balaban J connectivity index is 2.07. The first kappa shape index (κ1) is 21.9. The first-order chi connectivity index (χ1) is 12.7. The first-order valence-electron chi connectivity index (χ1n) is 9.27. The zero-order valence-corrected chi connectivity index (χ0v) is 18.2. The molecule has 0 saturated heterocycles. The van der Waals surface area contributed by atoms with Crippen LogP contribution in [0, 0.1) is 6.92 Å². The van der Waals surface area contributed by atoms with Crippen LogP contribution >= 0.6 is 11.8 Å². The van der Waals surface area contributed by atoms with Gasteiger partial charge in [0.2, 0.25) is 15.9 Å². The quantitative estimate of drug-likeness (QED) is 0.629. The Kier molecular flexibility index (Phi) is 7.85. The zero-order valence-electron chi connectivity index (χ0n) is 16.5. The molecule has 2 rings (SSSR count). The van der Waals surface area contributed by atoms with Crippen molar-refractivity contribution in [2.24, 2.45) is 0 Å². The first-order valence-corrected chi connectivity index (χ1v) is 12.2. The topological polar surface area (TPSA) is 75.7 Å². The third-order valence-electron chi connectivity index (χ3n) is 4.72. The number of aryl methyl sites for hydroxylation is 1. The molecular weight excluding hydrogens is 384 g/mol. The largest absolute Gasteiger partial charge is 0.495 e. The third-order valence-corrected chi connectivity index (χ3v) is 7.33. The zero-order chi connectivity index (χ0) is 20.0. The van der Waals surface area contributed by atoms with Crippen molar-refractivity contribution in [3.8, 4) is 5.75 Å². The maximum absolute atomic E-state index is 12.6. The molecule has 0 bridgehead atoms. The fourth-order valence-corrected chi connectivity index (χ4v) is 5.75. The van der Waals surface area contributed by atoms with Crippen molar-refractivity contribution in [3.05, 3.63) is 23.8 Å². The highest BCUT2D eigenvalue weighted by Gasteiger charge is 2.31. The van der Waals surface area contributed by atoms with Crippen LogP contribution in [0.15, 0.2) is 18.2 Å². The van der Waals surface area contributed by atoms with Crippen molar-refractivity contribution in [2.45, 2.75) is 50.8 Å². The number of hydrogen-bond donors (Lipinski definition) is 1. The minimum absolute atomic E-state index is 0.309. The van der Waals surface area contributed by atoms with Gasteiger partial charge in [0.1, 0.15) is 11.8 Å². The van der Waals surface area contributed by atoms with Crippen LogP contribution in [-0.4, -0.2) is 51.3 Å². The van der Waals surface area contributed by atoms with Gasteiger partial charge in [-0.05, 0) is 44.4 Å². The van der Waals surface area contributed by atoms with Gasteiger partial charge in [-0.2, -0.15) is 11.8 Å². The highest BCUT2D eigenvalue weighted by Crippen LogP contribution is 2.32. The second-order valence-corrected chi connectivity index (χ2v) is 10.2. The summed E-state index contributed by atoms with van der Waals surface area (Å²) in [5, 5.41) is 3.57. The lowest BCUT2D eigenvalue weighted by molar-refractivity contribution is -0.121. The molecule has 0 radical (unpaired) electrons. The fraction of sp³-hybridized carbons (Fsp3) is 0.632. The Hall–Kier alpha value is -1.41. The van der Waals surface area contributed by atoms with Gasteiger partial charge in [0.15, 0.2) is 0 Å². The lowest BCUT2D eigenvalue weighted by atomic mass is 10.2. The van der Waals surface area contributed by atoms with Crippen LogP contribution in [0.4, 0.5) is 5.69 Å². The molecule has 1 atom stereocenters. The highest BCUT2D eigenvalue weighted by atomic mass is 32.2. The van der Waals surface area contributed by atoms with Crippen molar-refractivity contribution in [1.82, 2.24) is 5.32 Å². The van der Waals surface area contributed by atoms with Crippen molar-refractivity contribution in [3.63, 3.8) is 0 Å². The molecule has 8 heteroatoms. The van der Waals surface area contributed by atoms with Crippen LogP contribution in [0.5, 0.6) is 5.75 Å². The molecule has 0 heterocycles. The van der Waals surface area contributed by atoms with Gasteiger partial charge in [-0.25, -0.2) is 8.42 Å². The normalized spacial score (nSPS) is 16.1. The van der Waals surface area contributed by atoms with Gasteiger partial charge >= 0.3 is 0 Å². The summed E-state index contributed by atoms with van der Waals surface area (Å²) in [5.74, 6) is 0.953. The number of carbonyl (C=O) groups is 1. The van der Waals surface area contributed by atoms with E-state index in [1.165, 1.54) is 32.8 Å². The molecule has 1 aromatic rings. The highest BCUT2D eigenvalue weighted by molar-refractivity contribution is 7.99. The maximum Gasteiger partial charge on any atom is 0.243 e. The lowest BCUT2D eigenvalue weighted by Gasteiger charge is -2.29. The van der Waals surface area contributed by atoms with E-state index in [4.69, 9.17) is 4.74 Å². The molecule has 0 spiro atoms. The molecule has 1 aliphatic rings. The average molecular weight is 415 g/mol. The number of carbonyl (C=O) groups excluding carboxylic acids is 1. The van der Waals surface area contributed by atoms with E-state index in [9.17, 15) is 13.2 Å². The van der Waals surface area contributed by atoms with Gasteiger partial charge in [-0.3, -0.25) is 9.10 Å². The van der Waals surface area contributed by atoms with Gasteiger partial charge in [0.05, 0.1) is 19.1 Å². The van der Waals surface area contributed by atoms with E-state index in [0.717, 1.165) is 21.9 Å². The second kappa shape index (κ2) is 9.68. The van der Waals surface area contributed by atoms with Crippen LogP contribution in [-0.2, 0) is 14.8 Å². The molecule has 6 nitrogen and oxygen atoms in total. The summed E-state index contributed by atoms with van der Waals surface area (Å²) in [5.41, 5.74) is 1.27. The average Bonchev–Trinajstić information content (AvgIpc) is 3.11. The number of methoxy groups -OCH3 is 1. The number of hydrogen-bond acceptors (Lipinski definition) is 5. The molecule has 1 amide bonds. The summed E-state index contributed by atoms with van der Waals surface area (Å²) >= 11 is 1.89. The number of nitrogens with zero attached hydrogens (tertiary/aromatic N) is 1. The fourth-order valence-electron chi connectivity index (χ4n) is 3.36. The molecule has 0 unspecified atom stereocenters. The smallest absolute Gasteiger partial charge is 0.243 e. The summed E-state index contributed by atoms with van der Waals surface area (Å²) in [6, 6.07) is 4.41. The van der Waals surface area contributed by atoms with E-state index >= 15 is 0 Å². The van der Waals surface area contributed by atoms with Gasteiger partial charge in [-0.1, -0.05) is 18.9 Å². The minimum Gasteiger partial charge on any atom is -0.495 e. The summed E-state index contributed by atoms with van der Waals surface area (Å²) in [6.07, 6.45) is 6.20. The van der Waals surface area contributed by atoms with E-state index in [2.05, 4.69) is 5.32 Å². The molecule has 1 N–H and O–H groups in total. The van der Waals surface area contributed by atoms with E-state index in [-0.39, 0.29) is 5.91 Å². The molecule has 1 aromatic carbocycles. The van der Waals surface area contributed by atoms with Gasteiger partial charge in [0, 0.05) is 17.5 Å².